The highest BCUT2D eigenvalue weighted by Crippen LogP contribution is 2.28. The highest BCUT2D eigenvalue weighted by molar-refractivity contribution is 5.84. The Morgan fingerprint density at radius 1 is 1.19 bits per heavy atom. The molecule has 0 fully saturated rings. The van der Waals surface area contributed by atoms with Gasteiger partial charge >= 0.3 is 0 Å². The van der Waals surface area contributed by atoms with Crippen LogP contribution in [0.1, 0.15) is 22.3 Å². The van der Waals surface area contributed by atoms with Crippen molar-refractivity contribution in [2.75, 3.05) is 6.61 Å². The van der Waals surface area contributed by atoms with Crippen LogP contribution in [0, 0.1) is 19.8 Å². The summed E-state index contributed by atoms with van der Waals surface area (Å²) in [7, 11) is 0. The van der Waals surface area contributed by atoms with E-state index in [1.165, 1.54) is 11.1 Å². The molecule has 21 heavy (non-hydrogen) atoms. The molecular formula is C19H20O2. The highest BCUT2D eigenvalue weighted by atomic mass is 16.5. The molecule has 2 nitrogen and oxygen atoms in total. The maximum Gasteiger partial charge on any atom is 0.144 e. The summed E-state index contributed by atoms with van der Waals surface area (Å²) in [4.78, 5) is 12.6. The summed E-state index contributed by atoms with van der Waals surface area (Å²) in [5.41, 5.74) is 4.67. The molecule has 108 valence electrons. The predicted octanol–water partition coefficient (Wildman–Crippen LogP) is 3.67. The first kappa shape index (κ1) is 13.9. The van der Waals surface area contributed by atoms with Crippen LogP contribution in [0.4, 0.5) is 0 Å². The molecule has 0 aromatic heterocycles. The predicted molar refractivity (Wildman–Crippen MR) is 83.8 cm³/mol. The molecule has 0 bridgehead atoms. The SMILES string of the molecule is Cc1ccc(C)c(CC(=O)C2COc3ccccc3C2)c1. The average Bonchev–Trinajstić information content (AvgIpc) is 2.50. The summed E-state index contributed by atoms with van der Waals surface area (Å²) in [5, 5.41) is 0. The van der Waals surface area contributed by atoms with Crippen LogP contribution in [-0.2, 0) is 17.6 Å². The molecular weight excluding hydrogens is 260 g/mol. The van der Waals surface area contributed by atoms with Crippen molar-refractivity contribution >= 4 is 5.78 Å². The fraction of sp³-hybridized carbons (Fsp3) is 0.316. The lowest BCUT2D eigenvalue weighted by atomic mass is 9.89. The van der Waals surface area contributed by atoms with Gasteiger partial charge in [-0.05, 0) is 43.0 Å². The van der Waals surface area contributed by atoms with Crippen LogP contribution >= 0.6 is 0 Å². The number of Topliss-reactive ketones (excluding diaryl/α,β-unsaturated/α-hetero) is 1. The third-order valence-corrected chi connectivity index (χ3v) is 4.20. The molecule has 0 N–H and O–H groups in total. The molecule has 2 heteroatoms. The van der Waals surface area contributed by atoms with Gasteiger partial charge in [0.25, 0.3) is 0 Å². The summed E-state index contributed by atoms with van der Waals surface area (Å²) in [6.45, 7) is 4.63. The molecule has 0 amide bonds. The highest BCUT2D eigenvalue weighted by Gasteiger charge is 2.25. The molecule has 0 spiro atoms. The zero-order valence-corrected chi connectivity index (χ0v) is 12.6. The van der Waals surface area contributed by atoms with Crippen molar-refractivity contribution in [3.8, 4) is 5.75 Å². The van der Waals surface area contributed by atoms with Crippen LogP contribution in [0.3, 0.4) is 0 Å². The van der Waals surface area contributed by atoms with Gasteiger partial charge in [0, 0.05) is 6.42 Å². The minimum atomic E-state index is -0.0280. The van der Waals surface area contributed by atoms with E-state index in [4.69, 9.17) is 4.74 Å². The Balaban J connectivity index is 1.74. The van der Waals surface area contributed by atoms with Crippen molar-refractivity contribution in [3.05, 3.63) is 64.7 Å². The largest absolute Gasteiger partial charge is 0.493 e. The standard InChI is InChI=1S/C19H20O2/c1-13-7-8-14(2)16(9-13)11-18(20)17-10-15-5-3-4-6-19(15)21-12-17/h3-9,17H,10-12H2,1-2H3. The molecule has 2 aromatic rings. The molecule has 1 atom stereocenters. The summed E-state index contributed by atoms with van der Waals surface area (Å²) in [6, 6.07) is 14.3. The number of fused-ring (bicyclic) bond motifs is 1. The number of rotatable bonds is 3. The van der Waals surface area contributed by atoms with Gasteiger partial charge in [0.05, 0.1) is 12.5 Å². The van der Waals surface area contributed by atoms with Gasteiger partial charge in [-0.1, -0.05) is 42.0 Å². The Bertz CT molecular complexity index is 673. The van der Waals surface area contributed by atoms with E-state index in [9.17, 15) is 4.79 Å². The molecule has 3 rings (SSSR count). The normalized spacial score (nSPS) is 17.0. The topological polar surface area (TPSA) is 26.3 Å². The third kappa shape index (κ3) is 2.99. The van der Waals surface area contributed by atoms with Gasteiger partial charge in [-0.2, -0.15) is 0 Å². The second kappa shape index (κ2) is 5.72. The van der Waals surface area contributed by atoms with E-state index in [1.54, 1.807) is 0 Å². The molecule has 0 saturated carbocycles. The maximum atomic E-state index is 12.6. The van der Waals surface area contributed by atoms with Gasteiger partial charge in [0.2, 0.25) is 0 Å². The number of carbonyl (C=O) groups is 1. The van der Waals surface area contributed by atoms with E-state index in [-0.39, 0.29) is 11.7 Å². The molecule has 0 saturated heterocycles. The fourth-order valence-electron chi connectivity index (χ4n) is 2.86. The average molecular weight is 280 g/mol. The number of carbonyl (C=O) groups excluding carboxylic acids is 1. The fourth-order valence-corrected chi connectivity index (χ4v) is 2.86. The Labute approximate surface area is 125 Å². The van der Waals surface area contributed by atoms with E-state index in [0.29, 0.717) is 13.0 Å². The van der Waals surface area contributed by atoms with Crippen molar-refractivity contribution < 1.29 is 9.53 Å². The Morgan fingerprint density at radius 3 is 2.86 bits per heavy atom. The second-order valence-corrected chi connectivity index (χ2v) is 5.89. The zero-order chi connectivity index (χ0) is 14.8. The number of para-hydroxylation sites is 1. The van der Waals surface area contributed by atoms with E-state index in [2.05, 4.69) is 32.0 Å². The monoisotopic (exact) mass is 280 g/mol. The van der Waals surface area contributed by atoms with E-state index in [0.717, 1.165) is 23.3 Å². The van der Waals surface area contributed by atoms with Crippen molar-refractivity contribution in [2.24, 2.45) is 5.92 Å². The molecule has 1 aliphatic rings. The van der Waals surface area contributed by atoms with Gasteiger partial charge < -0.3 is 4.74 Å². The van der Waals surface area contributed by atoms with Crippen LogP contribution in [0.15, 0.2) is 42.5 Å². The van der Waals surface area contributed by atoms with Gasteiger partial charge in [-0.25, -0.2) is 0 Å². The molecule has 1 aliphatic heterocycles. The zero-order valence-electron chi connectivity index (χ0n) is 12.6. The number of aryl methyl sites for hydroxylation is 2. The van der Waals surface area contributed by atoms with Crippen LogP contribution in [0.25, 0.3) is 0 Å². The van der Waals surface area contributed by atoms with Crippen molar-refractivity contribution in [1.82, 2.24) is 0 Å². The minimum Gasteiger partial charge on any atom is -0.493 e. The summed E-state index contributed by atoms with van der Waals surface area (Å²) in [5.74, 6) is 1.17. The van der Waals surface area contributed by atoms with Crippen molar-refractivity contribution in [3.63, 3.8) is 0 Å². The first-order valence-corrected chi connectivity index (χ1v) is 7.43. The molecule has 0 aliphatic carbocycles. The quantitative estimate of drug-likeness (QED) is 0.857. The molecule has 0 radical (unpaired) electrons. The van der Waals surface area contributed by atoms with Crippen LogP contribution in [0.2, 0.25) is 0 Å². The Kier molecular flexibility index (Phi) is 3.78. The van der Waals surface area contributed by atoms with Gasteiger partial charge in [-0.15, -0.1) is 0 Å². The van der Waals surface area contributed by atoms with Gasteiger partial charge in [0.15, 0.2) is 0 Å². The van der Waals surface area contributed by atoms with E-state index < -0.39 is 0 Å². The molecule has 2 aromatic carbocycles. The Hall–Kier alpha value is -2.09. The van der Waals surface area contributed by atoms with E-state index >= 15 is 0 Å². The first-order chi connectivity index (χ1) is 10.1. The Morgan fingerprint density at radius 2 is 2.00 bits per heavy atom. The lowest BCUT2D eigenvalue weighted by Crippen LogP contribution is -2.29. The second-order valence-electron chi connectivity index (χ2n) is 5.89. The van der Waals surface area contributed by atoms with Crippen LogP contribution in [-0.4, -0.2) is 12.4 Å². The number of benzene rings is 2. The van der Waals surface area contributed by atoms with Crippen LogP contribution < -0.4 is 4.74 Å². The summed E-state index contributed by atoms with van der Waals surface area (Å²) < 4.78 is 5.73. The maximum absolute atomic E-state index is 12.6. The minimum absolute atomic E-state index is 0.0280. The molecule has 1 heterocycles. The van der Waals surface area contributed by atoms with E-state index in [1.807, 2.05) is 24.3 Å². The smallest absolute Gasteiger partial charge is 0.144 e. The lowest BCUT2D eigenvalue weighted by molar-refractivity contribution is -0.123. The lowest BCUT2D eigenvalue weighted by Gasteiger charge is -2.24. The van der Waals surface area contributed by atoms with Gasteiger partial charge in [-0.3, -0.25) is 4.79 Å². The first-order valence-electron chi connectivity index (χ1n) is 7.43. The number of ketones is 1. The molecule has 1 unspecified atom stereocenters. The summed E-state index contributed by atoms with van der Waals surface area (Å²) >= 11 is 0. The van der Waals surface area contributed by atoms with Crippen molar-refractivity contribution in [1.29, 1.82) is 0 Å². The van der Waals surface area contributed by atoms with Crippen LogP contribution in [0.5, 0.6) is 5.75 Å². The number of hydrogen-bond acceptors (Lipinski definition) is 2. The number of ether oxygens (including phenoxy) is 1. The van der Waals surface area contributed by atoms with Crippen molar-refractivity contribution in [2.45, 2.75) is 26.7 Å². The number of hydrogen-bond donors (Lipinski definition) is 0. The van der Waals surface area contributed by atoms with Gasteiger partial charge in [0.1, 0.15) is 11.5 Å². The third-order valence-electron chi connectivity index (χ3n) is 4.20. The summed E-state index contributed by atoms with van der Waals surface area (Å²) in [6.07, 6.45) is 1.30.